The van der Waals surface area contributed by atoms with Crippen molar-refractivity contribution in [1.29, 1.82) is 0 Å². The largest absolute Gasteiger partial charge is 0.394 e. The maximum Gasteiger partial charge on any atom is 0.224 e. The molecule has 4 rings (SSSR count). The van der Waals surface area contributed by atoms with Crippen LogP contribution in [0.2, 0.25) is 5.02 Å². The van der Waals surface area contributed by atoms with Crippen LogP contribution in [0.5, 0.6) is 0 Å². The van der Waals surface area contributed by atoms with Crippen molar-refractivity contribution >= 4 is 23.5 Å². The number of amides is 1. The van der Waals surface area contributed by atoms with Crippen LogP contribution in [0.1, 0.15) is 42.1 Å². The number of rotatable bonds is 6. The lowest BCUT2D eigenvalue weighted by Crippen LogP contribution is -2.38. The van der Waals surface area contributed by atoms with Gasteiger partial charge in [0.15, 0.2) is 0 Å². The molecule has 2 atom stereocenters. The monoisotopic (exact) mass is 448 g/mol. The molecule has 1 aliphatic carbocycles. The van der Waals surface area contributed by atoms with Gasteiger partial charge in [-0.3, -0.25) is 4.79 Å². The molecule has 1 fully saturated rings. The molecule has 3 N–H and O–H groups in total. The standard InChI is InChI=1S/C22H26ClFN4O3/c23-17-4-3-13(9-18(17)24)20(12-29)27-21(30)14-1-2-15-11-25-22(28-19(15)10-14)26-16-5-7-31-8-6-16/h3-4,9,11,14,16,20,29H,1-2,5-8,10,12H2,(H,27,30)(H,25,26,28)/t14-,20+/m0/s1. The summed E-state index contributed by atoms with van der Waals surface area (Å²) in [4.78, 5) is 22.0. The Hall–Kier alpha value is -2.29. The lowest BCUT2D eigenvalue weighted by molar-refractivity contribution is -0.126. The van der Waals surface area contributed by atoms with Gasteiger partial charge >= 0.3 is 0 Å². The highest BCUT2D eigenvalue weighted by molar-refractivity contribution is 6.30. The Balaban J connectivity index is 1.41. The smallest absolute Gasteiger partial charge is 0.224 e. The van der Waals surface area contributed by atoms with Crippen LogP contribution in [-0.4, -0.2) is 46.8 Å². The van der Waals surface area contributed by atoms with Crippen molar-refractivity contribution in [2.24, 2.45) is 5.92 Å². The Bertz CT molecular complexity index is 939. The quantitative estimate of drug-likeness (QED) is 0.629. The molecule has 2 aromatic rings. The van der Waals surface area contributed by atoms with Gasteiger partial charge < -0.3 is 20.5 Å². The molecule has 0 spiro atoms. The van der Waals surface area contributed by atoms with Crippen molar-refractivity contribution in [3.8, 4) is 0 Å². The maximum atomic E-state index is 13.8. The SMILES string of the molecule is O=C(N[C@H](CO)c1ccc(Cl)c(F)c1)[C@H]1CCc2cnc(NC3CCOCC3)nc2C1. The molecular formula is C22H26ClFN4O3. The van der Waals surface area contributed by atoms with E-state index in [0.717, 1.165) is 37.3 Å². The summed E-state index contributed by atoms with van der Waals surface area (Å²) in [6, 6.07) is 3.85. The second kappa shape index (κ2) is 9.89. The number of benzene rings is 1. The van der Waals surface area contributed by atoms with Gasteiger partial charge in [0.05, 0.1) is 17.7 Å². The number of aliphatic hydroxyl groups is 1. The third kappa shape index (κ3) is 5.31. The average Bonchev–Trinajstić information content (AvgIpc) is 2.79. The van der Waals surface area contributed by atoms with E-state index < -0.39 is 11.9 Å². The zero-order valence-electron chi connectivity index (χ0n) is 17.1. The number of halogens is 2. The second-order valence-electron chi connectivity index (χ2n) is 8.05. The molecule has 166 valence electrons. The summed E-state index contributed by atoms with van der Waals surface area (Å²) in [6.07, 6.45) is 5.55. The number of hydrogen-bond acceptors (Lipinski definition) is 6. The van der Waals surface area contributed by atoms with Gasteiger partial charge in [-0.15, -0.1) is 0 Å². The van der Waals surface area contributed by atoms with E-state index in [2.05, 4.69) is 20.6 Å². The van der Waals surface area contributed by atoms with Crippen molar-refractivity contribution < 1.29 is 19.0 Å². The van der Waals surface area contributed by atoms with E-state index in [1.54, 1.807) is 6.07 Å². The van der Waals surface area contributed by atoms with E-state index in [9.17, 15) is 14.3 Å². The van der Waals surface area contributed by atoms with Gasteiger partial charge in [0.2, 0.25) is 11.9 Å². The Labute approximate surface area is 185 Å². The molecule has 0 radical (unpaired) electrons. The molecule has 2 aliphatic rings. The lowest BCUT2D eigenvalue weighted by Gasteiger charge is -2.27. The van der Waals surface area contributed by atoms with E-state index in [1.807, 2.05) is 6.20 Å². The van der Waals surface area contributed by atoms with Crippen LogP contribution in [-0.2, 0) is 22.4 Å². The molecule has 9 heteroatoms. The molecule has 0 bridgehead atoms. The molecule has 2 heterocycles. The number of fused-ring (bicyclic) bond motifs is 1. The fourth-order valence-electron chi connectivity index (χ4n) is 4.06. The van der Waals surface area contributed by atoms with Crippen LogP contribution in [0, 0.1) is 11.7 Å². The van der Waals surface area contributed by atoms with Gasteiger partial charge in [-0.1, -0.05) is 17.7 Å². The Morgan fingerprint density at radius 2 is 2.13 bits per heavy atom. The summed E-state index contributed by atoms with van der Waals surface area (Å²) in [6.45, 7) is 1.13. The third-order valence-electron chi connectivity index (χ3n) is 5.93. The van der Waals surface area contributed by atoms with Crippen LogP contribution in [0.25, 0.3) is 0 Å². The highest BCUT2D eigenvalue weighted by Crippen LogP contribution is 2.27. The van der Waals surface area contributed by atoms with Crippen LogP contribution in [0.4, 0.5) is 10.3 Å². The fraction of sp³-hybridized carbons (Fsp3) is 0.500. The second-order valence-corrected chi connectivity index (χ2v) is 8.46. The third-order valence-corrected chi connectivity index (χ3v) is 6.23. The van der Waals surface area contributed by atoms with Crippen LogP contribution in [0.3, 0.4) is 0 Å². The normalized spacial score (nSPS) is 20.0. The molecule has 1 aromatic heterocycles. The number of anilines is 1. The Kier molecular flexibility index (Phi) is 6.99. The molecule has 1 amide bonds. The molecule has 0 unspecified atom stereocenters. The van der Waals surface area contributed by atoms with Crippen molar-refractivity contribution in [3.05, 3.63) is 52.1 Å². The number of carbonyl (C=O) groups excluding carboxylic acids is 1. The summed E-state index contributed by atoms with van der Waals surface area (Å²) in [5.74, 6) is -0.460. The molecule has 1 aliphatic heterocycles. The van der Waals surface area contributed by atoms with Gasteiger partial charge in [-0.05, 0) is 48.9 Å². The summed E-state index contributed by atoms with van der Waals surface area (Å²) in [5.41, 5.74) is 2.40. The predicted octanol–water partition coefficient (Wildman–Crippen LogP) is 2.81. The first-order valence-corrected chi connectivity index (χ1v) is 11.0. The number of aliphatic hydroxyl groups excluding tert-OH is 1. The molecule has 7 nitrogen and oxygen atoms in total. The fourth-order valence-corrected chi connectivity index (χ4v) is 4.18. The molecular weight excluding hydrogens is 423 g/mol. The van der Waals surface area contributed by atoms with E-state index in [4.69, 9.17) is 16.3 Å². The Morgan fingerprint density at radius 3 is 2.87 bits per heavy atom. The summed E-state index contributed by atoms with van der Waals surface area (Å²) in [7, 11) is 0. The zero-order chi connectivity index (χ0) is 21.8. The van der Waals surface area contributed by atoms with Gasteiger partial charge in [-0.2, -0.15) is 0 Å². The number of carbonyl (C=O) groups is 1. The minimum Gasteiger partial charge on any atom is -0.394 e. The van der Waals surface area contributed by atoms with Crippen LogP contribution < -0.4 is 10.6 Å². The van der Waals surface area contributed by atoms with Gasteiger partial charge in [0, 0.05) is 43.5 Å². The first-order valence-electron chi connectivity index (χ1n) is 10.6. The number of aryl methyl sites for hydroxylation is 1. The first kappa shape index (κ1) is 21.9. The number of aromatic nitrogens is 2. The maximum absolute atomic E-state index is 13.8. The van der Waals surface area contributed by atoms with Gasteiger partial charge in [0.1, 0.15) is 5.82 Å². The molecule has 31 heavy (non-hydrogen) atoms. The van der Waals surface area contributed by atoms with Crippen molar-refractivity contribution in [2.75, 3.05) is 25.1 Å². The summed E-state index contributed by atoms with van der Waals surface area (Å²) in [5, 5.41) is 15.9. The van der Waals surface area contributed by atoms with Gasteiger partial charge in [-0.25, -0.2) is 14.4 Å². The number of hydrogen-bond donors (Lipinski definition) is 3. The van der Waals surface area contributed by atoms with Crippen LogP contribution >= 0.6 is 11.6 Å². The predicted molar refractivity (Wildman–Crippen MR) is 114 cm³/mol. The zero-order valence-corrected chi connectivity index (χ0v) is 17.9. The topological polar surface area (TPSA) is 96.4 Å². The van der Waals surface area contributed by atoms with Crippen LogP contribution in [0.15, 0.2) is 24.4 Å². The van der Waals surface area contributed by atoms with E-state index in [0.29, 0.717) is 36.8 Å². The number of ether oxygens (including phenoxy) is 1. The Morgan fingerprint density at radius 1 is 1.32 bits per heavy atom. The minimum atomic E-state index is -0.697. The van der Waals surface area contributed by atoms with Crippen molar-refractivity contribution in [3.63, 3.8) is 0 Å². The number of nitrogens with zero attached hydrogens (tertiary/aromatic N) is 2. The molecule has 1 aromatic carbocycles. The van der Waals surface area contributed by atoms with E-state index in [-0.39, 0.29) is 23.5 Å². The summed E-state index contributed by atoms with van der Waals surface area (Å²) >= 11 is 5.73. The van der Waals surface area contributed by atoms with E-state index in [1.165, 1.54) is 12.1 Å². The van der Waals surface area contributed by atoms with Crippen molar-refractivity contribution in [1.82, 2.24) is 15.3 Å². The summed E-state index contributed by atoms with van der Waals surface area (Å²) < 4.78 is 19.2. The highest BCUT2D eigenvalue weighted by Gasteiger charge is 2.28. The lowest BCUT2D eigenvalue weighted by atomic mass is 9.86. The molecule has 0 saturated carbocycles. The number of nitrogens with one attached hydrogen (secondary N) is 2. The average molecular weight is 449 g/mol. The first-order chi connectivity index (χ1) is 15.0. The molecule has 1 saturated heterocycles. The van der Waals surface area contributed by atoms with Crippen molar-refractivity contribution in [2.45, 2.75) is 44.2 Å². The minimum absolute atomic E-state index is 0.000467. The van der Waals surface area contributed by atoms with Gasteiger partial charge in [0.25, 0.3) is 0 Å². The highest BCUT2D eigenvalue weighted by atomic mass is 35.5. The van der Waals surface area contributed by atoms with E-state index >= 15 is 0 Å².